The van der Waals surface area contributed by atoms with Gasteiger partial charge in [0, 0.05) is 32.7 Å². The molecule has 1 atom stereocenters. The lowest BCUT2D eigenvalue weighted by molar-refractivity contribution is 0.0902. The Kier molecular flexibility index (Phi) is 6.61. The summed E-state index contributed by atoms with van der Waals surface area (Å²) < 4.78 is 0. The van der Waals surface area contributed by atoms with Crippen LogP contribution >= 0.6 is 12.4 Å². The van der Waals surface area contributed by atoms with E-state index in [4.69, 9.17) is 0 Å². The maximum atomic E-state index is 9.50. The van der Waals surface area contributed by atoms with Gasteiger partial charge in [0.25, 0.3) is 0 Å². The molecule has 0 saturated carbocycles. The Labute approximate surface area is 144 Å². The maximum Gasteiger partial charge on any atom is 0.111 e. The molecule has 3 nitrogen and oxygen atoms in total. The summed E-state index contributed by atoms with van der Waals surface area (Å²) in [5, 5.41) is 9.50. The zero-order valence-corrected chi connectivity index (χ0v) is 14.0. The van der Waals surface area contributed by atoms with Gasteiger partial charge in [-0.25, -0.2) is 0 Å². The van der Waals surface area contributed by atoms with Crippen molar-refractivity contribution in [2.24, 2.45) is 0 Å². The Morgan fingerprint density at radius 1 is 0.870 bits per heavy atom. The Morgan fingerprint density at radius 2 is 1.43 bits per heavy atom. The summed E-state index contributed by atoms with van der Waals surface area (Å²) in [4.78, 5) is 4.67. The van der Waals surface area contributed by atoms with Crippen molar-refractivity contribution < 1.29 is 0 Å². The fraction of sp³-hybridized carbons (Fsp3) is 0.316. The standard InChI is InChI=1S/C19H21N3.ClH/c20-13-19-16-21(14-17-7-3-1-4-8-17)11-12-22(19)15-18-9-5-2-6-10-18;/h1-10,19H,11-12,14-16H2;1H. The second-order valence-electron chi connectivity index (χ2n) is 5.82. The van der Waals surface area contributed by atoms with Gasteiger partial charge in [0.2, 0.25) is 0 Å². The summed E-state index contributed by atoms with van der Waals surface area (Å²) in [7, 11) is 0. The molecule has 0 radical (unpaired) electrons. The normalized spacial score (nSPS) is 18.8. The molecule has 0 spiro atoms. The number of nitrogens with zero attached hydrogens (tertiary/aromatic N) is 3. The molecule has 3 rings (SSSR count). The molecule has 1 aliphatic rings. The van der Waals surface area contributed by atoms with Crippen LogP contribution in [0.25, 0.3) is 0 Å². The molecule has 1 heterocycles. The van der Waals surface area contributed by atoms with Gasteiger partial charge in [-0.15, -0.1) is 12.4 Å². The van der Waals surface area contributed by atoms with Gasteiger partial charge in [-0.3, -0.25) is 9.80 Å². The van der Waals surface area contributed by atoms with Gasteiger partial charge in [0.05, 0.1) is 6.07 Å². The maximum absolute atomic E-state index is 9.50. The number of hydrogen-bond donors (Lipinski definition) is 0. The third kappa shape index (κ3) is 4.80. The summed E-state index contributed by atoms with van der Waals surface area (Å²) in [5.74, 6) is 0. The Morgan fingerprint density at radius 3 is 2.00 bits per heavy atom. The van der Waals surface area contributed by atoms with Crippen LogP contribution in [-0.4, -0.2) is 35.5 Å². The van der Waals surface area contributed by atoms with Crippen molar-refractivity contribution in [1.82, 2.24) is 9.80 Å². The number of benzene rings is 2. The van der Waals surface area contributed by atoms with Crippen molar-refractivity contribution in [2.75, 3.05) is 19.6 Å². The van der Waals surface area contributed by atoms with E-state index in [2.05, 4.69) is 64.4 Å². The van der Waals surface area contributed by atoms with E-state index < -0.39 is 0 Å². The van der Waals surface area contributed by atoms with Crippen LogP contribution in [0.3, 0.4) is 0 Å². The van der Waals surface area contributed by atoms with Gasteiger partial charge in [0.15, 0.2) is 0 Å². The highest BCUT2D eigenvalue weighted by Gasteiger charge is 2.26. The van der Waals surface area contributed by atoms with Crippen LogP contribution < -0.4 is 0 Å². The molecule has 4 heteroatoms. The molecule has 0 aliphatic carbocycles. The van der Waals surface area contributed by atoms with E-state index in [1.165, 1.54) is 11.1 Å². The third-order valence-corrected chi connectivity index (χ3v) is 4.20. The first-order valence-corrected chi connectivity index (χ1v) is 7.79. The lowest BCUT2D eigenvalue weighted by atomic mass is 10.1. The molecule has 0 amide bonds. The lowest BCUT2D eigenvalue weighted by Gasteiger charge is -2.38. The summed E-state index contributed by atoms with van der Waals surface area (Å²) in [5.41, 5.74) is 2.59. The summed E-state index contributed by atoms with van der Waals surface area (Å²) in [6, 6.07) is 23.3. The lowest BCUT2D eigenvalue weighted by Crippen LogP contribution is -2.51. The van der Waals surface area contributed by atoms with Crippen LogP contribution in [-0.2, 0) is 13.1 Å². The summed E-state index contributed by atoms with van der Waals surface area (Å²) in [6.07, 6.45) is 0. The Balaban J connectivity index is 0.00000192. The van der Waals surface area contributed by atoms with Crippen molar-refractivity contribution in [3.8, 4) is 6.07 Å². The third-order valence-electron chi connectivity index (χ3n) is 4.20. The molecule has 23 heavy (non-hydrogen) atoms. The van der Waals surface area contributed by atoms with E-state index in [1.54, 1.807) is 0 Å². The molecule has 1 saturated heterocycles. The zero-order chi connectivity index (χ0) is 15.2. The molecule has 0 aromatic heterocycles. The quantitative estimate of drug-likeness (QED) is 0.863. The molecule has 2 aromatic rings. The fourth-order valence-electron chi connectivity index (χ4n) is 2.99. The average molecular weight is 328 g/mol. The first kappa shape index (κ1) is 17.5. The molecule has 1 fully saturated rings. The predicted molar refractivity (Wildman–Crippen MR) is 95.2 cm³/mol. The van der Waals surface area contributed by atoms with Crippen molar-refractivity contribution in [2.45, 2.75) is 19.1 Å². The van der Waals surface area contributed by atoms with E-state index >= 15 is 0 Å². The second kappa shape index (κ2) is 8.69. The summed E-state index contributed by atoms with van der Waals surface area (Å²) >= 11 is 0. The average Bonchev–Trinajstić information content (AvgIpc) is 2.58. The minimum atomic E-state index is -0.0299. The monoisotopic (exact) mass is 327 g/mol. The molecular formula is C19H22ClN3. The van der Waals surface area contributed by atoms with Gasteiger partial charge in [-0.2, -0.15) is 5.26 Å². The van der Waals surface area contributed by atoms with Crippen molar-refractivity contribution in [1.29, 1.82) is 5.26 Å². The molecule has 2 aromatic carbocycles. The largest absolute Gasteiger partial charge is 0.295 e. The zero-order valence-electron chi connectivity index (χ0n) is 13.1. The highest BCUT2D eigenvalue weighted by Crippen LogP contribution is 2.16. The van der Waals surface area contributed by atoms with Gasteiger partial charge in [-0.1, -0.05) is 60.7 Å². The molecule has 120 valence electrons. The number of nitriles is 1. The predicted octanol–water partition coefficient (Wildman–Crippen LogP) is 3.32. The Hall–Kier alpha value is -1.86. The van der Waals surface area contributed by atoms with E-state index in [-0.39, 0.29) is 18.4 Å². The fourth-order valence-corrected chi connectivity index (χ4v) is 2.99. The smallest absolute Gasteiger partial charge is 0.111 e. The van der Waals surface area contributed by atoms with Gasteiger partial charge < -0.3 is 0 Å². The van der Waals surface area contributed by atoms with Gasteiger partial charge in [0.1, 0.15) is 6.04 Å². The van der Waals surface area contributed by atoms with Crippen molar-refractivity contribution >= 4 is 12.4 Å². The van der Waals surface area contributed by atoms with Crippen LogP contribution in [0.5, 0.6) is 0 Å². The van der Waals surface area contributed by atoms with E-state index in [1.807, 2.05) is 12.1 Å². The SMILES string of the molecule is Cl.N#CC1CN(Cc2ccccc2)CCN1Cc1ccccc1. The number of hydrogen-bond acceptors (Lipinski definition) is 3. The highest BCUT2D eigenvalue weighted by molar-refractivity contribution is 5.85. The highest BCUT2D eigenvalue weighted by atomic mass is 35.5. The summed E-state index contributed by atoms with van der Waals surface area (Å²) in [6.45, 7) is 4.56. The van der Waals surface area contributed by atoms with Crippen molar-refractivity contribution in [3.63, 3.8) is 0 Å². The Bertz CT molecular complexity index is 624. The molecule has 1 aliphatic heterocycles. The van der Waals surface area contributed by atoms with Crippen molar-refractivity contribution in [3.05, 3.63) is 71.8 Å². The van der Waals surface area contributed by atoms with E-state index in [9.17, 15) is 5.26 Å². The number of piperazine rings is 1. The van der Waals surface area contributed by atoms with Gasteiger partial charge >= 0.3 is 0 Å². The van der Waals surface area contributed by atoms with Crippen LogP contribution in [0.2, 0.25) is 0 Å². The topological polar surface area (TPSA) is 30.3 Å². The first-order valence-electron chi connectivity index (χ1n) is 7.79. The second-order valence-corrected chi connectivity index (χ2v) is 5.82. The minimum Gasteiger partial charge on any atom is -0.295 e. The van der Waals surface area contributed by atoms with Crippen LogP contribution in [0.1, 0.15) is 11.1 Å². The van der Waals surface area contributed by atoms with Crippen LogP contribution in [0, 0.1) is 11.3 Å². The molecule has 0 N–H and O–H groups in total. The van der Waals surface area contributed by atoms with Crippen LogP contribution in [0.4, 0.5) is 0 Å². The molecule has 1 unspecified atom stereocenters. The molecular weight excluding hydrogens is 306 g/mol. The van der Waals surface area contributed by atoms with E-state index in [0.29, 0.717) is 0 Å². The van der Waals surface area contributed by atoms with Crippen LogP contribution in [0.15, 0.2) is 60.7 Å². The number of rotatable bonds is 4. The molecule has 0 bridgehead atoms. The van der Waals surface area contributed by atoms with E-state index in [0.717, 1.165) is 32.7 Å². The number of halogens is 1. The minimum absolute atomic E-state index is 0. The van der Waals surface area contributed by atoms with Gasteiger partial charge in [-0.05, 0) is 11.1 Å². The first-order chi connectivity index (χ1) is 10.8.